The zero-order valence-electron chi connectivity index (χ0n) is 9.04. The van der Waals surface area contributed by atoms with Crippen molar-refractivity contribution in [3.63, 3.8) is 0 Å². The lowest BCUT2D eigenvalue weighted by molar-refractivity contribution is 0.108. The highest BCUT2D eigenvalue weighted by molar-refractivity contribution is 5.25. The summed E-state index contributed by atoms with van der Waals surface area (Å²) in [6.45, 7) is 1.86. The molecule has 1 aromatic carbocycles. The molecule has 1 nitrogen and oxygen atoms in total. The lowest BCUT2D eigenvalue weighted by atomic mass is 9.93. The van der Waals surface area contributed by atoms with Gasteiger partial charge < -0.3 is 5.11 Å². The Balaban J connectivity index is 2.20. The Morgan fingerprint density at radius 1 is 1.33 bits per heavy atom. The van der Waals surface area contributed by atoms with Crippen molar-refractivity contribution in [2.75, 3.05) is 0 Å². The molecule has 0 heterocycles. The summed E-state index contributed by atoms with van der Waals surface area (Å²) in [4.78, 5) is 0. The molecule has 82 valence electrons. The summed E-state index contributed by atoms with van der Waals surface area (Å²) in [5, 5.41) is 10.1. The first kappa shape index (κ1) is 10.6. The van der Waals surface area contributed by atoms with Gasteiger partial charge in [-0.25, -0.2) is 4.39 Å². The predicted octanol–water partition coefficient (Wildman–Crippen LogP) is 3.36. The molecule has 1 unspecified atom stereocenters. The smallest absolute Gasteiger partial charge is 0.129 e. The fourth-order valence-electron chi connectivity index (χ4n) is 2.40. The molecule has 1 fully saturated rings. The highest BCUT2D eigenvalue weighted by atomic mass is 19.1. The van der Waals surface area contributed by atoms with Gasteiger partial charge in [-0.15, -0.1) is 0 Å². The molecular weight excluding hydrogens is 191 g/mol. The molecule has 15 heavy (non-hydrogen) atoms. The molecule has 1 atom stereocenters. The normalized spacial score (nSPS) is 19.4. The fraction of sp³-hybridized carbons (Fsp3) is 0.538. The number of hydrogen-bond acceptors (Lipinski definition) is 1. The van der Waals surface area contributed by atoms with Gasteiger partial charge in [-0.3, -0.25) is 0 Å². The number of aliphatic hydroxyl groups is 1. The number of benzene rings is 1. The van der Waals surface area contributed by atoms with Crippen molar-refractivity contribution in [3.05, 3.63) is 35.1 Å². The Hall–Kier alpha value is -0.890. The average Bonchev–Trinajstić information content (AvgIpc) is 2.69. The molecule has 0 amide bonds. The van der Waals surface area contributed by atoms with Gasteiger partial charge in [0.1, 0.15) is 5.82 Å². The largest absolute Gasteiger partial charge is 0.388 e. The number of rotatable bonds is 2. The summed E-state index contributed by atoms with van der Waals surface area (Å²) in [6.07, 6.45) is 3.75. The third-order valence-corrected chi connectivity index (χ3v) is 3.32. The molecule has 0 aliphatic heterocycles. The van der Waals surface area contributed by atoms with Crippen molar-refractivity contribution in [3.8, 4) is 0 Å². The molecule has 0 spiro atoms. The summed E-state index contributed by atoms with van der Waals surface area (Å²) in [6, 6.07) is 5.07. The van der Waals surface area contributed by atoms with Gasteiger partial charge in [-0.2, -0.15) is 0 Å². The second kappa shape index (κ2) is 4.31. The number of halogens is 1. The van der Waals surface area contributed by atoms with E-state index >= 15 is 0 Å². The SMILES string of the molecule is Cc1ccc(C(O)C2CCCC2)c(F)c1. The number of aliphatic hydroxyl groups excluding tert-OH is 1. The van der Waals surface area contributed by atoms with Gasteiger partial charge >= 0.3 is 0 Å². The minimum Gasteiger partial charge on any atom is -0.388 e. The van der Waals surface area contributed by atoms with E-state index in [1.807, 2.05) is 13.0 Å². The van der Waals surface area contributed by atoms with E-state index in [1.54, 1.807) is 6.07 Å². The summed E-state index contributed by atoms with van der Waals surface area (Å²) in [5.41, 5.74) is 1.36. The van der Waals surface area contributed by atoms with E-state index in [0.29, 0.717) is 5.56 Å². The Morgan fingerprint density at radius 2 is 2.00 bits per heavy atom. The first-order chi connectivity index (χ1) is 7.18. The summed E-state index contributed by atoms with van der Waals surface area (Å²) in [7, 11) is 0. The summed E-state index contributed by atoms with van der Waals surface area (Å²) in [5.74, 6) is -0.0170. The van der Waals surface area contributed by atoms with Crippen LogP contribution in [-0.2, 0) is 0 Å². The third kappa shape index (κ3) is 2.20. The molecule has 0 bridgehead atoms. The zero-order valence-corrected chi connectivity index (χ0v) is 9.04. The molecule has 1 saturated carbocycles. The predicted molar refractivity (Wildman–Crippen MR) is 58.1 cm³/mol. The van der Waals surface area contributed by atoms with Crippen molar-refractivity contribution in [1.82, 2.24) is 0 Å². The molecule has 0 saturated heterocycles. The number of hydrogen-bond donors (Lipinski definition) is 1. The Labute approximate surface area is 89.9 Å². The van der Waals surface area contributed by atoms with Crippen molar-refractivity contribution in [2.45, 2.75) is 38.7 Å². The van der Waals surface area contributed by atoms with Gasteiger partial charge in [0.2, 0.25) is 0 Å². The third-order valence-electron chi connectivity index (χ3n) is 3.32. The highest BCUT2D eigenvalue weighted by Crippen LogP contribution is 2.36. The van der Waals surface area contributed by atoms with Gasteiger partial charge in [-0.05, 0) is 37.3 Å². The fourth-order valence-corrected chi connectivity index (χ4v) is 2.40. The maximum Gasteiger partial charge on any atom is 0.129 e. The average molecular weight is 208 g/mol. The zero-order chi connectivity index (χ0) is 10.8. The Bertz CT molecular complexity index is 342. The van der Waals surface area contributed by atoms with Crippen LogP contribution in [0.15, 0.2) is 18.2 Å². The van der Waals surface area contributed by atoms with Crippen LogP contribution in [0.2, 0.25) is 0 Å². The van der Waals surface area contributed by atoms with Gasteiger partial charge in [0, 0.05) is 5.56 Å². The second-order valence-corrected chi connectivity index (χ2v) is 4.51. The first-order valence-corrected chi connectivity index (χ1v) is 5.62. The maximum atomic E-state index is 13.6. The summed E-state index contributed by atoms with van der Waals surface area (Å²) < 4.78 is 13.6. The van der Waals surface area contributed by atoms with E-state index in [-0.39, 0.29) is 11.7 Å². The Kier molecular flexibility index (Phi) is 3.06. The van der Waals surface area contributed by atoms with Crippen molar-refractivity contribution < 1.29 is 9.50 Å². The minimum atomic E-state index is -0.618. The van der Waals surface area contributed by atoms with Crippen LogP contribution < -0.4 is 0 Å². The van der Waals surface area contributed by atoms with E-state index in [4.69, 9.17) is 0 Å². The van der Waals surface area contributed by atoms with Gasteiger partial charge in [-0.1, -0.05) is 25.0 Å². The summed E-state index contributed by atoms with van der Waals surface area (Å²) >= 11 is 0. The van der Waals surface area contributed by atoms with E-state index in [2.05, 4.69) is 0 Å². The number of aryl methyl sites for hydroxylation is 1. The molecule has 1 N–H and O–H groups in total. The molecule has 1 aromatic rings. The van der Waals surface area contributed by atoms with E-state index < -0.39 is 6.10 Å². The van der Waals surface area contributed by atoms with Gasteiger partial charge in [0.15, 0.2) is 0 Å². The monoisotopic (exact) mass is 208 g/mol. The molecule has 0 aromatic heterocycles. The molecule has 1 aliphatic carbocycles. The van der Waals surface area contributed by atoms with Crippen LogP contribution in [0.4, 0.5) is 4.39 Å². The molecule has 0 radical (unpaired) electrons. The van der Waals surface area contributed by atoms with Crippen molar-refractivity contribution in [2.24, 2.45) is 5.92 Å². The highest BCUT2D eigenvalue weighted by Gasteiger charge is 2.26. The van der Waals surface area contributed by atoms with Crippen LogP contribution in [-0.4, -0.2) is 5.11 Å². The van der Waals surface area contributed by atoms with E-state index in [1.165, 1.54) is 6.07 Å². The quantitative estimate of drug-likeness (QED) is 0.790. The maximum absolute atomic E-state index is 13.6. The molecule has 1 aliphatic rings. The van der Waals surface area contributed by atoms with Crippen LogP contribution in [0.25, 0.3) is 0 Å². The lowest BCUT2D eigenvalue weighted by Crippen LogP contribution is -2.10. The standard InChI is InChI=1S/C13H17FO/c1-9-6-7-11(12(14)8-9)13(15)10-4-2-3-5-10/h6-8,10,13,15H,2-5H2,1H3. The van der Waals surface area contributed by atoms with Crippen LogP contribution in [0.5, 0.6) is 0 Å². The molecule has 2 rings (SSSR count). The van der Waals surface area contributed by atoms with Crippen molar-refractivity contribution >= 4 is 0 Å². The minimum absolute atomic E-state index is 0.252. The van der Waals surface area contributed by atoms with E-state index in [0.717, 1.165) is 31.2 Å². The lowest BCUT2D eigenvalue weighted by Gasteiger charge is -2.18. The van der Waals surface area contributed by atoms with E-state index in [9.17, 15) is 9.50 Å². The first-order valence-electron chi connectivity index (χ1n) is 5.62. The molecule has 2 heteroatoms. The molecular formula is C13H17FO. The topological polar surface area (TPSA) is 20.2 Å². The Morgan fingerprint density at radius 3 is 2.60 bits per heavy atom. The second-order valence-electron chi connectivity index (χ2n) is 4.51. The van der Waals surface area contributed by atoms with Crippen LogP contribution in [0, 0.1) is 18.7 Å². The van der Waals surface area contributed by atoms with Crippen molar-refractivity contribution in [1.29, 1.82) is 0 Å². The van der Waals surface area contributed by atoms with Crippen LogP contribution >= 0.6 is 0 Å². The van der Waals surface area contributed by atoms with Crippen LogP contribution in [0.3, 0.4) is 0 Å². The van der Waals surface area contributed by atoms with Gasteiger partial charge in [0.25, 0.3) is 0 Å². The van der Waals surface area contributed by atoms with Gasteiger partial charge in [0.05, 0.1) is 6.10 Å². The van der Waals surface area contributed by atoms with Crippen LogP contribution in [0.1, 0.15) is 42.9 Å².